The molecule has 2 atom stereocenters. The summed E-state index contributed by atoms with van der Waals surface area (Å²) in [5.41, 5.74) is 0.811. The van der Waals surface area contributed by atoms with E-state index in [9.17, 15) is 17.5 Å². The smallest absolute Gasteiger partial charge is 0.177 e. The highest BCUT2D eigenvalue weighted by Crippen LogP contribution is 2.34. The molecule has 0 fully saturated rings. The molecule has 2 unspecified atom stereocenters. The lowest BCUT2D eigenvalue weighted by atomic mass is 10.4. The second-order valence-corrected chi connectivity index (χ2v) is 8.14. The van der Waals surface area contributed by atoms with Gasteiger partial charge in [0.15, 0.2) is 10.2 Å². The van der Waals surface area contributed by atoms with E-state index in [-0.39, 0.29) is 10.2 Å². The summed E-state index contributed by atoms with van der Waals surface area (Å²) >= 11 is -4.95. The molecule has 2 heterocycles. The van der Waals surface area contributed by atoms with Crippen LogP contribution in [0.1, 0.15) is 0 Å². The first-order chi connectivity index (χ1) is 11.1. The Morgan fingerprint density at radius 3 is 1.61 bits per heavy atom. The summed E-state index contributed by atoms with van der Waals surface area (Å²) in [7, 11) is -1.33. The Morgan fingerprint density at radius 1 is 0.739 bits per heavy atom. The maximum absolute atomic E-state index is 11.0. The zero-order chi connectivity index (χ0) is 16.4. The van der Waals surface area contributed by atoms with E-state index >= 15 is 0 Å². The fraction of sp³-hybridized carbons (Fsp3) is 0. The van der Waals surface area contributed by atoms with Gasteiger partial charge in [0.1, 0.15) is 11.0 Å². The second-order valence-electron chi connectivity index (χ2n) is 4.33. The van der Waals surface area contributed by atoms with Crippen molar-refractivity contribution in [3.05, 3.63) is 54.6 Å². The third-order valence-corrected chi connectivity index (χ3v) is 6.19. The van der Waals surface area contributed by atoms with Crippen molar-refractivity contribution in [3.8, 4) is 0 Å². The van der Waals surface area contributed by atoms with Crippen LogP contribution < -0.4 is 16.3 Å². The molecule has 0 spiro atoms. The van der Waals surface area contributed by atoms with Gasteiger partial charge < -0.3 is 17.9 Å². The van der Waals surface area contributed by atoms with E-state index in [2.05, 4.69) is 0 Å². The monoisotopic (exact) mass is 368 g/mol. The van der Waals surface area contributed by atoms with Gasteiger partial charge in [-0.15, -0.1) is 0 Å². The van der Waals surface area contributed by atoms with Crippen LogP contribution >= 0.6 is 7.92 Å². The summed E-state index contributed by atoms with van der Waals surface area (Å²) in [5.74, 6) is 0. The van der Waals surface area contributed by atoms with E-state index in [1.54, 1.807) is 12.1 Å². The minimum atomic E-state index is -2.48. The highest BCUT2D eigenvalue weighted by Gasteiger charge is 2.24. The van der Waals surface area contributed by atoms with E-state index in [1.165, 1.54) is 12.1 Å². The number of hydrogen-bond donors (Lipinski definition) is 0. The van der Waals surface area contributed by atoms with Gasteiger partial charge >= 0.3 is 0 Å². The molecule has 3 rings (SSSR count). The average Bonchev–Trinajstić information content (AvgIpc) is 3.19. The van der Waals surface area contributed by atoms with Crippen LogP contribution in [-0.2, 0) is 22.2 Å². The van der Waals surface area contributed by atoms with Gasteiger partial charge in [-0.3, -0.25) is 8.42 Å². The number of furan rings is 2. The van der Waals surface area contributed by atoms with Gasteiger partial charge in [-0.25, -0.2) is 0 Å². The molecule has 0 saturated heterocycles. The van der Waals surface area contributed by atoms with Crippen LogP contribution in [0.15, 0.2) is 73.6 Å². The maximum atomic E-state index is 11.0. The lowest BCUT2D eigenvalue weighted by Crippen LogP contribution is -2.18. The second kappa shape index (κ2) is 6.90. The first kappa shape index (κ1) is 16.3. The Labute approximate surface area is 137 Å². The number of rotatable bonds is 5. The third-order valence-electron chi connectivity index (χ3n) is 2.92. The molecule has 6 nitrogen and oxygen atoms in total. The molecule has 0 amide bonds. The Kier molecular flexibility index (Phi) is 4.89. The molecule has 0 aliphatic rings. The third kappa shape index (κ3) is 3.52. The highest BCUT2D eigenvalue weighted by molar-refractivity contribution is 7.80. The predicted octanol–water partition coefficient (Wildman–Crippen LogP) is 1.11. The van der Waals surface area contributed by atoms with Gasteiger partial charge in [0, 0.05) is 22.2 Å². The van der Waals surface area contributed by atoms with E-state index in [4.69, 9.17) is 8.83 Å². The van der Waals surface area contributed by atoms with Crippen molar-refractivity contribution < 1.29 is 26.4 Å². The average molecular weight is 368 g/mol. The first-order valence-corrected chi connectivity index (χ1v) is 9.79. The van der Waals surface area contributed by atoms with Crippen molar-refractivity contribution in [2.24, 2.45) is 0 Å². The SMILES string of the molecule is O=S([O-])c1ccc(P(c2ccccc2)c2ccc(S(=O)[O-])o2)o1. The van der Waals surface area contributed by atoms with Gasteiger partial charge in [-0.05, 0) is 29.6 Å². The van der Waals surface area contributed by atoms with E-state index in [1.807, 2.05) is 30.3 Å². The summed E-state index contributed by atoms with van der Waals surface area (Å²) < 4.78 is 54.8. The molecule has 2 aromatic heterocycles. The van der Waals surface area contributed by atoms with Crippen molar-refractivity contribution in [1.29, 1.82) is 0 Å². The van der Waals surface area contributed by atoms with E-state index in [0.29, 0.717) is 11.0 Å². The lowest BCUT2D eigenvalue weighted by Gasteiger charge is -2.13. The number of benzene rings is 1. The topological polar surface area (TPSA) is 107 Å². The lowest BCUT2D eigenvalue weighted by molar-refractivity contribution is 0.449. The molecule has 0 radical (unpaired) electrons. The molecule has 0 saturated carbocycles. The van der Waals surface area contributed by atoms with E-state index < -0.39 is 30.1 Å². The molecule has 120 valence electrons. The fourth-order valence-corrected chi connectivity index (χ4v) is 4.80. The molecule has 0 aliphatic carbocycles. The number of hydrogen-bond acceptors (Lipinski definition) is 6. The van der Waals surface area contributed by atoms with Crippen molar-refractivity contribution in [1.82, 2.24) is 0 Å². The summed E-state index contributed by atoms with van der Waals surface area (Å²) in [6, 6.07) is 15.0. The Hall–Kier alpha value is -1.57. The largest absolute Gasteiger partial charge is 0.766 e. The first-order valence-electron chi connectivity index (χ1n) is 6.29. The molecular formula is C14H9O6PS2-2. The van der Waals surface area contributed by atoms with Crippen molar-refractivity contribution in [2.45, 2.75) is 10.2 Å². The van der Waals surface area contributed by atoms with Crippen molar-refractivity contribution in [3.63, 3.8) is 0 Å². The molecule has 1 aromatic carbocycles. The van der Waals surface area contributed by atoms with E-state index in [0.717, 1.165) is 5.30 Å². The molecule has 0 N–H and O–H groups in total. The van der Waals surface area contributed by atoms with Crippen molar-refractivity contribution in [2.75, 3.05) is 0 Å². The van der Waals surface area contributed by atoms with Crippen LogP contribution in [0.5, 0.6) is 0 Å². The highest BCUT2D eigenvalue weighted by atomic mass is 32.2. The minimum absolute atomic E-state index is 0.178. The zero-order valence-corrected chi connectivity index (χ0v) is 13.9. The van der Waals surface area contributed by atoms with Gasteiger partial charge in [0.25, 0.3) is 0 Å². The minimum Gasteiger partial charge on any atom is -0.766 e. The van der Waals surface area contributed by atoms with Crippen LogP contribution in [0.4, 0.5) is 0 Å². The summed E-state index contributed by atoms with van der Waals surface area (Å²) in [6.45, 7) is 0. The quantitative estimate of drug-likeness (QED) is 0.493. The fourth-order valence-electron chi connectivity index (χ4n) is 1.98. The van der Waals surface area contributed by atoms with Gasteiger partial charge in [-0.2, -0.15) is 0 Å². The molecule has 0 aliphatic heterocycles. The Balaban J connectivity index is 2.09. The standard InChI is InChI=1S/C14H11O6PS2/c15-22(16)13-8-6-11(19-13)21(10-4-2-1-3-5-10)12-7-9-14(20-12)23(17)18/h1-9H,(H,15,16)(H,17,18)/p-2. The van der Waals surface area contributed by atoms with Crippen LogP contribution in [0.25, 0.3) is 0 Å². The van der Waals surface area contributed by atoms with Gasteiger partial charge in [0.2, 0.25) is 0 Å². The molecule has 3 aromatic rings. The van der Waals surface area contributed by atoms with Crippen LogP contribution in [0.3, 0.4) is 0 Å². The molecule has 0 bridgehead atoms. The summed E-state index contributed by atoms with van der Waals surface area (Å²) in [4.78, 5) is 0. The normalized spacial score (nSPS) is 15.2. The predicted molar refractivity (Wildman–Crippen MR) is 84.1 cm³/mol. The van der Waals surface area contributed by atoms with Crippen LogP contribution in [-0.4, -0.2) is 17.5 Å². The van der Waals surface area contributed by atoms with Gasteiger partial charge in [-0.1, -0.05) is 30.3 Å². The van der Waals surface area contributed by atoms with Crippen molar-refractivity contribution >= 4 is 46.4 Å². The molecular weight excluding hydrogens is 359 g/mol. The summed E-state index contributed by atoms with van der Waals surface area (Å²) in [5, 5.41) is 0.489. The molecule has 23 heavy (non-hydrogen) atoms. The van der Waals surface area contributed by atoms with Gasteiger partial charge in [0.05, 0.1) is 7.92 Å². The van der Waals surface area contributed by atoms with Crippen LogP contribution in [0.2, 0.25) is 0 Å². The summed E-state index contributed by atoms with van der Waals surface area (Å²) in [6.07, 6.45) is 0. The Morgan fingerprint density at radius 2 is 1.22 bits per heavy atom. The molecule has 9 heteroatoms. The Bertz CT molecular complexity index is 805. The van der Waals surface area contributed by atoms with Crippen LogP contribution in [0, 0.1) is 0 Å². The maximum Gasteiger partial charge on any atom is 0.177 e. The zero-order valence-electron chi connectivity index (χ0n) is 11.4.